The summed E-state index contributed by atoms with van der Waals surface area (Å²) in [6.07, 6.45) is 0. The van der Waals surface area contributed by atoms with Gasteiger partial charge in [-0.1, -0.05) is 12.2 Å². The first-order valence-electron chi connectivity index (χ1n) is 4.28. The van der Waals surface area contributed by atoms with Gasteiger partial charge in [-0.3, -0.25) is 0 Å². The topological polar surface area (TPSA) is 28.7 Å². The van der Waals surface area contributed by atoms with E-state index in [0.717, 1.165) is 17.1 Å². The average molecular weight is 222 g/mol. The molecule has 0 bridgehead atoms. The predicted octanol–water partition coefficient (Wildman–Crippen LogP) is 3.48. The third-order valence-corrected chi connectivity index (χ3v) is 3.06. The second-order valence-electron chi connectivity index (χ2n) is 3.22. The van der Waals surface area contributed by atoms with Crippen LogP contribution in [0.3, 0.4) is 0 Å². The van der Waals surface area contributed by atoms with Crippen molar-refractivity contribution in [2.75, 3.05) is 0 Å². The molecule has 0 fully saturated rings. The fourth-order valence-corrected chi connectivity index (χ4v) is 2.41. The molecule has 0 aliphatic carbocycles. The zero-order chi connectivity index (χ0) is 10.1. The minimum atomic E-state index is 0.641. The van der Waals surface area contributed by atoms with E-state index in [0.29, 0.717) is 4.64 Å². The first-order valence-corrected chi connectivity index (χ1v) is 5.63. The molecule has 72 valence electrons. The van der Waals surface area contributed by atoms with Crippen molar-refractivity contribution in [3.8, 4) is 11.4 Å². The van der Waals surface area contributed by atoms with E-state index in [9.17, 15) is 0 Å². The maximum Gasteiger partial charge on any atom is 0.140 e. The Bertz CT molecular complexity index is 511. The highest BCUT2D eigenvalue weighted by atomic mass is 32.1. The number of hydrogen-bond donors (Lipinski definition) is 1. The summed E-state index contributed by atoms with van der Waals surface area (Å²) in [6.45, 7) is 4.06. The van der Waals surface area contributed by atoms with Gasteiger partial charge >= 0.3 is 0 Å². The van der Waals surface area contributed by atoms with Crippen molar-refractivity contribution < 1.29 is 0 Å². The Hall–Kier alpha value is -1.00. The van der Waals surface area contributed by atoms with Crippen molar-refractivity contribution in [1.82, 2.24) is 9.97 Å². The number of hydrogen-bond acceptors (Lipinski definition) is 3. The zero-order valence-corrected chi connectivity index (χ0v) is 9.63. The van der Waals surface area contributed by atoms with E-state index in [1.165, 1.54) is 5.56 Å². The third-order valence-electron chi connectivity index (χ3n) is 1.99. The Morgan fingerprint density at radius 2 is 2.14 bits per heavy atom. The van der Waals surface area contributed by atoms with Crippen molar-refractivity contribution in [3.63, 3.8) is 0 Å². The van der Waals surface area contributed by atoms with Crippen LogP contribution < -0.4 is 0 Å². The number of nitrogens with one attached hydrogen (secondary N) is 1. The largest absolute Gasteiger partial charge is 0.343 e. The molecular weight excluding hydrogens is 212 g/mol. The summed E-state index contributed by atoms with van der Waals surface area (Å²) < 4.78 is 0.641. The Kier molecular flexibility index (Phi) is 2.48. The number of H-pyrrole nitrogens is 1. The second kappa shape index (κ2) is 3.63. The molecule has 4 heteroatoms. The van der Waals surface area contributed by atoms with E-state index >= 15 is 0 Å². The molecule has 0 atom stereocenters. The number of nitrogens with zero attached hydrogens (tertiary/aromatic N) is 1. The quantitative estimate of drug-likeness (QED) is 0.748. The van der Waals surface area contributed by atoms with Crippen LogP contribution in [0, 0.1) is 18.5 Å². The van der Waals surface area contributed by atoms with Crippen LogP contribution in [0.4, 0.5) is 0 Å². The first-order chi connectivity index (χ1) is 6.66. The molecule has 2 nitrogen and oxygen atoms in total. The molecule has 2 rings (SSSR count). The predicted molar refractivity (Wildman–Crippen MR) is 62.2 cm³/mol. The van der Waals surface area contributed by atoms with Crippen LogP contribution in [0.5, 0.6) is 0 Å². The molecule has 0 aliphatic heterocycles. The molecule has 0 unspecified atom stereocenters. The first kappa shape index (κ1) is 9.55. The highest BCUT2D eigenvalue weighted by Gasteiger charge is 2.04. The van der Waals surface area contributed by atoms with Gasteiger partial charge in [-0.15, -0.1) is 0 Å². The fourth-order valence-electron chi connectivity index (χ4n) is 1.31. The molecule has 1 N–H and O–H groups in total. The minimum Gasteiger partial charge on any atom is -0.343 e. The van der Waals surface area contributed by atoms with E-state index in [4.69, 9.17) is 12.2 Å². The lowest BCUT2D eigenvalue weighted by Gasteiger charge is -2.01. The monoisotopic (exact) mass is 222 g/mol. The summed E-state index contributed by atoms with van der Waals surface area (Å²) in [6, 6.07) is 1.86. The Morgan fingerprint density at radius 3 is 2.71 bits per heavy atom. The smallest absolute Gasteiger partial charge is 0.140 e. The Morgan fingerprint density at radius 1 is 1.36 bits per heavy atom. The molecule has 14 heavy (non-hydrogen) atoms. The van der Waals surface area contributed by atoms with Gasteiger partial charge < -0.3 is 4.98 Å². The molecule has 0 saturated heterocycles. The number of thiophene rings is 1. The van der Waals surface area contributed by atoms with Crippen LogP contribution >= 0.6 is 23.6 Å². The maximum absolute atomic E-state index is 5.08. The molecule has 2 heterocycles. The second-order valence-corrected chi connectivity index (χ2v) is 4.38. The zero-order valence-electron chi connectivity index (χ0n) is 8.00. The van der Waals surface area contributed by atoms with Gasteiger partial charge in [-0.05, 0) is 30.9 Å². The van der Waals surface area contributed by atoms with Gasteiger partial charge in [-0.25, -0.2) is 4.98 Å². The van der Waals surface area contributed by atoms with E-state index in [-0.39, 0.29) is 0 Å². The SMILES string of the molecule is Cc1cc(=S)nc(-c2cscc2C)[nH]1. The van der Waals surface area contributed by atoms with Crippen LogP contribution in [0.2, 0.25) is 0 Å². The highest BCUT2D eigenvalue weighted by Crippen LogP contribution is 2.23. The van der Waals surface area contributed by atoms with Gasteiger partial charge in [0.05, 0.1) is 0 Å². The van der Waals surface area contributed by atoms with Crippen molar-refractivity contribution in [3.05, 3.63) is 32.7 Å². The summed E-state index contributed by atoms with van der Waals surface area (Å²) in [7, 11) is 0. The number of aryl methyl sites for hydroxylation is 2. The van der Waals surface area contributed by atoms with E-state index in [2.05, 4.69) is 27.7 Å². The summed E-state index contributed by atoms with van der Waals surface area (Å²) >= 11 is 6.76. The van der Waals surface area contributed by atoms with Gasteiger partial charge in [0.2, 0.25) is 0 Å². The number of aromatic nitrogens is 2. The van der Waals surface area contributed by atoms with Gasteiger partial charge in [0, 0.05) is 16.6 Å². The van der Waals surface area contributed by atoms with Gasteiger partial charge in [-0.2, -0.15) is 11.3 Å². The van der Waals surface area contributed by atoms with Gasteiger partial charge in [0.15, 0.2) is 0 Å². The lowest BCUT2D eigenvalue weighted by atomic mass is 10.2. The van der Waals surface area contributed by atoms with Crippen molar-refractivity contribution in [1.29, 1.82) is 0 Å². The van der Waals surface area contributed by atoms with Crippen LogP contribution in [-0.4, -0.2) is 9.97 Å². The van der Waals surface area contributed by atoms with Crippen LogP contribution in [-0.2, 0) is 0 Å². The summed E-state index contributed by atoms with van der Waals surface area (Å²) in [5, 5.41) is 4.19. The minimum absolute atomic E-state index is 0.641. The van der Waals surface area contributed by atoms with Crippen LogP contribution in [0.15, 0.2) is 16.8 Å². The molecular formula is C10H10N2S2. The Balaban J connectivity index is 2.63. The fraction of sp³-hybridized carbons (Fsp3) is 0.200. The molecule has 0 radical (unpaired) electrons. The summed E-state index contributed by atoms with van der Waals surface area (Å²) in [5.74, 6) is 0.869. The van der Waals surface area contributed by atoms with Crippen molar-refractivity contribution >= 4 is 23.6 Å². The molecule has 2 aromatic heterocycles. The molecule has 0 amide bonds. The molecule has 0 aliphatic rings. The molecule has 2 aromatic rings. The summed E-state index contributed by atoms with van der Waals surface area (Å²) in [5.41, 5.74) is 3.43. The maximum atomic E-state index is 5.08. The van der Waals surface area contributed by atoms with Crippen LogP contribution in [0.25, 0.3) is 11.4 Å². The van der Waals surface area contributed by atoms with Gasteiger partial charge in [0.25, 0.3) is 0 Å². The van der Waals surface area contributed by atoms with E-state index < -0.39 is 0 Å². The van der Waals surface area contributed by atoms with E-state index in [1.807, 2.05) is 13.0 Å². The van der Waals surface area contributed by atoms with Crippen LogP contribution in [0.1, 0.15) is 11.3 Å². The Labute approximate surface area is 91.7 Å². The molecule has 0 aromatic carbocycles. The average Bonchev–Trinajstić information content (AvgIpc) is 2.49. The number of rotatable bonds is 1. The van der Waals surface area contributed by atoms with Crippen molar-refractivity contribution in [2.24, 2.45) is 0 Å². The third kappa shape index (κ3) is 1.76. The van der Waals surface area contributed by atoms with E-state index in [1.54, 1.807) is 11.3 Å². The van der Waals surface area contributed by atoms with Gasteiger partial charge in [0.1, 0.15) is 10.5 Å². The normalized spacial score (nSPS) is 10.4. The number of aromatic amines is 1. The lowest BCUT2D eigenvalue weighted by Crippen LogP contribution is -1.91. The van der Waals surface area contributed by atoms with Crippen molar-refractivity contribution in [2.45, 2.75) is 13.8 Å². The summed E-state index contributed by atoms with van der Waals surface area (Å²) in [4.78, 5) is 7.52. The molecule has 0 spiro atoms. The highest BCUT2D eigenvalue weighted by molar-refractivity contribution is 7.71. The molecule has 0 saturated carbocycles. The standard InChI is InChI=1S/C10H10N2S2/c1-6-4-14-5-8(6)10-11-7(2)3-9(13)12-10/h3-5H,1-2H3,(H,11,12,13). The lowest BCUT2D eigenvalue weighted by molar-refractivity contribution is 1.10.